The zero-order valence-electron chi connectivity index (χ0n) is 17.7. The van der Waals surface area contributed by atoms with E-state index in [1.165, 1.54) is 50.6 Å². The maximum atomic E-state index is 12.4. The zero-order chi connectivity index (χ0) is 24.3. The Balaban J connectivity index is 0.00000118. The SMILES string of the molecule is CC(=O)O.COC(=O)COc1ccc(C(=O)N(C)NC(=O)c2ccc(C(=N)N)cc2)cc1. The number of esters is 1. The number of hydrogen-bond acceptors (Lipinski definition) is 7. The monoisotopic (exact) mass is 444 g/mol. The Hall–Kier alpha value is -4.41. The number of hydrazine groups is 1. The molecule has 0 radical (unpaired) electrons. The molecule has 5 N–H and O–H groups in total. The first-order chi connectivity index (χ1) is 15.0. The molecule has 0 atom stereocenters. The summed E-state index contributed by atoms with van der Waals surface area (Å²) in [5.74, 6) is -1.96. The largest absolute Gasteiger partial charge is 0.482 e. The molecule has 11 nitrogen and oxygen atoms in total. The van der Waals surface area contributed by atoms with Gasteiger partial charge in [-0.05, 0) is 36.4 Å². The highest BCUT2D eigenvalue weighted by Crippen LogP contribution is 2.13. The summed E-state index contributed by atoms with van der Waals surface area (Å²) in [6.07, 6.45) is 0. The lowest BCUT2D eigenvalue weighted by Crippen LogP contribution is -2.43. The third-order valence-electron chi connectivity index (χ3n) is 3.72. The third-order valence-corrected chi connectivity index (χ3v) is 3.72. The number of nitrogen functional groups attached to an aromatic ring is 1. The molecule has 0 bridgehead atoms. The summed E-state index contributed by atoms with van der Waals surface area (Å²) >= 11 is 0. The minimum Gasteiger partial charge on any atom is -0.482 e. The summed E-state index contributed by atoms with van der Waals surface area (Å²) < 4.78 is 9.68. The highest BCUT2D eigenvalue weighted by molar-refractivity contribution is 6.00. The number of ether oxygens (including phenoxy) is 2. The number of hydrogen-bond donors (Lipinski definition) is 4. The second kappa shape index (κ2) is 12.3. The van der Waals surface area contributed by atoms with Crippen LogP contribution in [-0.2, 0) is 14.3 Å². The van der Waals surface area contributed by atoms with Crippen molar-refractivity contribution < 1.29 is 33.8 Å². The van der Waals surface area contributed by atoms with E-state index < -0.39 is 23.8 Å². The van der Waals surface area contributed by atoms with E-state index in [9.17, 15) is 14.4 Å². The molecule has 2 aromatic rings. The average Bonchev–Trinajstić information content (AvgIpc) is 2.76. The number of amidine groups is 1. The molecule has 0 aromatic heterocycles. The van der Waals surface area contributed by atoms with E-state index in [2.05, 4.69) is 10.2 Å². The van der Waals surface area contributed by atoms with Crippen molar-refractivity contribution >= 4 is 29.6 Å². The van der Waals surface area contributed by atoms with Crippen LogP contribution >= 0.6 is 0 Å². The van der Waals surface area contributed by atoms with Crippen LogP contribution in [0.3, 0.4) is 0 Å². The van der Waals surface area contributed by atoms with Crippen molar-refractivity contribution in [2.75, 3.05) is 20.8 Å². The first-order valence-corrected chi connectivity index (χ1v) is 9.07. The number of carbonyl (C=O) groups is 4. The second-order valence-corrected chi connectivity index (χ2v) is 6.20. The molecule has 0 fully saturated rings. The lowest BCUT2D eigenvalue weighted by molar-refractivity contribution is -0.143. The molecule has 2 aromatic carbocycles. The van der Waals surface area contributed by atoms with E-state index in [1.807, 2.05) is 0 Å². The topological polar surface area (TPSA) is 172 Å². The molecule has 2 amide bonds. The van der Waals surface area contributed by atoms with E-state index in [-0.39, 0.29) is 12.4 Å². The van der Waals surface area contributed by atoms with Crippen LogP contribution in [0, 0.1) is 5.41 Å². The summed E-state index contributed by atoms with van der Waals surface area (Å²) in [7, 11) is 2.68. The highest BCUT2D eigenvalue weighted by Gasteiger charge is 2.15. The van der Waals surface area contributed by atoms with E-state index in [1.54, 1.807) is 12.1 Å². The second-order valence-electron chi connectivity index (χ2n) is 6.20. The van der Waals surface area contributed by atoms with Gasteiger partial charge in [-0.3, -0.25) is 30.2 Å². The Morgan fingerprint density at radius 3 is 1.94 bits per heavy atom. The van der Waals surface area contributed by atoms with Gasteiger partial charge in [0, 0.05) is 30.7 Å². The van der Waals surface area contributed by atoms with E-state index in [0.717, 1.165) is 11.9 Å². The van der Waals surface area contributed by atoms with Crippen LogP contribution in [0.25, 0.3) is 0 Å². The van der Waals surface area contributed by atoms with Crippen molar-refractivity contribution in [2.45, 2.75) is 6.92 Å². The number of carbonyl (C=O) groups excluding carboxylic acids is 3. The van der Waals surface area contributed by atoms with Crippen molar-refractivity contribution in [1.29, 1.82) is 5.41 Å². The molecule has 0 spiro atoms. The molecule has 0 aliphatic heterocycles. The van der Waals surface area contributed by atoms with Gasteiger partial charge in [0.2, 0.25) is 0 Å². The maximum Gasteiger partial charge on any atom is 0.343 e. The molecule has 0 saturated heterocycles. The van der Waals surface area contributed by atoms with Gasteiger partial charge in [-0.2, -0.15) is 0 Å². The van der Waals surface area contributed by atoms with E-state index >= 15 is 0 Å². The molecule has 0 aliphatic rings. The number of nitrogens with two attached hydrogens (primary N) is 1. The molecule has 2 rings (SSSR count). The Morgan fingerprint density at radius 1 is 1.00 bits per heavy atom. The fraction of sp³-hybridized carbons (Fsp3) is 0.190. The van der Waals surface area contributed by atoms with Crippen LogP contribution in [0.2, 0.25) is 0 Å². The summed E-state index contributed by atoms with van der Waals surface area (Å²) in [4.78, 5) is 44.7. The van der Waals surface area contributed by atoms with Crippen molar-refractivity contribution in [1.82, 2.24) is 10.4 Å². The van der Waals surface area contributed by atoms with Gasteiger partial charge in [0.05, 0.1) is 7.11 Å². The molecule has 0 heterocycles. The Kier molecular flexibility index (Phi) is 9.87. The van der Waals surface area contributed by atoms with Crippen LogP contribution in [0.5, 0.6) is 5.75 Å². The van der Waals surface area contributed by atoms with Crippen molar-refractivity contribution in [2.24, 2.45) is 5.73 Å². The number of nitrogens with zero attached hydrogens (tertiary/aromatic N) is 1. The number of carboxylic acids is 1. The summed E-state index contributed by atoms with van der Waals surface area (Å²) in [6, 6.07) is 12.2. The number of aliphatic carboxylic acids is 1. The minimum absolute atomic E-state index is 0.0988. The lowest BCUT2D eigenvalue weighted by Gasteiger charge is -2.18. The molecular weight excluding hydrogens is 420 g/mol. The first kappa shape index (κ1) is 25.6. The van der Waals surface area contributed by atoms with Gasteiger partial charge >= 0.3 is 5.97 Å². The van der Waals surface area contributed by atoms with E-state index in [4.69, 9.17) is 25.8 Å². The Morgan fingerprint density at radius 2 is 1.47 bits per heavy atom. The molecule has 0 unspecified atom stereocenters. The first-order valence-electron chi connectivity index (χ1n) is 9.07. The van der Waals surface area contributed by atoms with Gasteiger partial charge in [-0.15, -0.1) is 0 Å². The third kappa shape index (κ3) is 8.53. The summed E-state index contributed by atoms with van der Waals surface area (Å²) in [5.41, 5.74) is 8.98. The molecule has 32 heavy (non-hydrogen) atoms. The number of benzene rings is 2. The van der Waals surface area contributed by atoms with Crippen molar-refractivity contribution in [3.8, 4) is 5.75 Å². The number of methoxy groups -OCH3 is 1. The van der Waals surface area contributed by atoms with Crippen LogP contribution in [0.15, 0.2) is 48.5 Å². The molecular formula is C21H24N4O7. The predicted octanol–water partition coefficient (Wildman–Crippen LogP) is 1.03. The highest BCUT2D eigenvalue weighted by atomic mass is 16.6. The zero-order valence-corrected chi connectivity index (χ0v) is 17.7. The number of rotatable bonds is 6. The molecule has 0 saturated carbocycles. The smallest absolute Gasteiger partial charge is 0.343 e. The Labute approximate surface area is 184 Å². The van der Waals surface area contributed by atoms with Gasteiger partial charge in [0.1, 0.15) is 11.6 Å². The normalized spacial score (nSPS) is 9.47. The van der Waals surface area contributed by atoms with E-state index in [0.29, 0.717) is 22.4 Å². The minimum atomic E-state index is -0.833. The predicted molar refractivity (Wildman–Crippen MR) is 114 cm³/mol. The molecule has 0 aliphatic carbocycles. The van der Waals surface area contributed by atoms with Crippen LogP contribution < -0.4 is 15.9 Å². The van der Waals surface area contributed by atoms with Gasteiger partial charge in [-0.1, -0.05) is 12.1 Å². The van der Waals surface area contributed by atoms with Gasteiger partial charge < -0.3 is 20.3 Å². The fourth-order valence-corrected chi connectivity index (χ4v) is 2.16. The van der Waals surface area contributed by atoms with Crippen LogP contribution in [0.1, 0.15) is 33.2 Å². The summed E-state index contributed by atoms with van der Waals surface area (Å²) in [5, 5.41) is 15.8. The van der Waals surface area contributed by atoms with Crippen molar-refractivity contribution in [3.05, 3.63) is 65.2 Å². The average molecular weight is 444 g/mol. The molecule has 11 heteroatoms. The lowest BCUT2D eigenvalue weighted by atomic mass is 10.1. The maximum absolute atomic E-state index is 12.4. The van der Waals surface area contributed by atoms with Gasteiger partial charge in [0.25, 0.3) is 17.8 Å². The summed E-state index contributed by atoms with van der Waals surface area (Å²) in [6.45, 7) is 0.849. The van der Waals surface area contributed by atoms with Crippen LogP contribution in [-0.4, -0.2) is 60.5 Å². The number of amides is 2. The van der Waals surface area contributed by atoms with Crippen molar-refractivity contribution in [3.63, 3.8) is 0 Å². The Bertz CT molecular complexity index is 969. The quantitative estimate of drug-likeness (QED) is 0.221. The van der Waals surface area contributed by atoms with Gasteiger partial charge in [0.15, 0.2) is 6.61 Å². The molecule has 170 valence electrons. The number of carboxylic acid groups (broad SMARTS) is 1. The standard InChI is InChI=1S/C19H20N4O5.C2H4O2/c1-23(22-18(25)13-5-3-12(4-6-13)17(20)21)19(26)14-7-9-15(10-8-14)28-11-16(24)27-2;1-2(3)4/h3-10H,11H2,1-2H3,(H3,20,21)(H,22,25);1H3,(H,3,4). The van der Waals surface area contributed by atoms with Crippen LogP contribution in [0.4, 0.5) is 0 Å². The number of nitrogens with one attached hydrogen (secondary N) is 2. The fourth-order valence-electron chi connectivity index (χ4n) is 2.16. The van der Waals surface area contributed by atoms with Gasteiger partial charge in [-0.25, -0.2) is 4.79 Å².